The molecule has 0 aliphatic carbocycles. The first-order chi connectivity index (χ1) is 14.1. The van der Waals surface area contributed by atoms with Gasteiger partial charge in [0, 0.05) is 5.56 Å². The molecule has 0 bridgehead atoms. The molecule has 3 rings (SSSR count). The van der Waals surface area contributed by atoms with Crippen LogP contribution in [0.5, 0.6) is 5.75 Å². The third-order valence-corrected chi connectivity index (χ3v) is 4.51. The third kappa shape index (κ3) is 5.07. The quantitative estimate of drug-likeness (QED) is 0.658. The summed E-state index contributed by atoms with van der Waals surface area (Å²) in [4.78, 5) is 12.3. The van der Waals surface area contributed by atoms with Crippen LogP contribution in [0, 0.1) is 13.8 Å². The van der Waals surface area contributed by atoms with Gasteiger partial charge in [0.25, 0.3) is 5.56 Å². The third-order valence-electron chi connectivity index (χ3n) is 4.51. The number of aryl methyl sites for hydroxylation is 2. The Balaban J connectivity index is 1.87. The van der Waals surface area contributed by atoms with E-state index >= 15 is 0 Å². The maximum atomic E-state index is 13.4. The van der Waals surface area contributed by atoms with Gasteiger partial charge in [0.2, 0.25) is 0 Å². The summed E-state index contributed by atoms with van der Waals surface area (Å²) in [6.07, 6.45) is -6.08. The van der Waals surface area contributed by atoms with Gasteiger partial charge in [0.05, 0.1) is 12.2 Å². The topological polar surface area (TPSA) is 64.3 Å². The normalized spacial score (nSPS) is 12.6. The number of aromatic nitrogens is 2. The molecule has 0 aliphatic heterocycles. The van der Waals surface area contributed by atoms with Crippen LogP contribution in [0.25, 0.3) is 11.3 Å². The lowest BCUT2D eigenvalue weighted by atomic mass is 10.1. The fourth-order valence-corrected chi connectivity index (χ4v) is 2.92. The Labute approximate surface area is 171 Å². The van der Waals surface area contributed by atoms with E-state index < -0.39 is 29.9 Å². The first-order valence-corrected chi connectivity index (χ1v) is 9.28. The lowest BCUT2D eigenvalue weighted by Gasteiger charge is -2.17. The lowest BCUT2D eigenvalue weighted by Crippen LogP contribution is -2.36. The van der Waals surface area contributed by atoms with Gasteiger partial charge in [-0.25, -0.2) is 4.68 Å². The van der Waals surface area contributed by atoms with Crippen molar-refractivity contribution >= 4 is 0 Å². The lowest BCUT2D eigenvalue weighted by molar-refractivity contribution is -0.139. The molecule has 0 spiro atoms. The molecule has 5 nitrogen and oxygen atoms in total. The van der Waals surface area contributed by atoms with E-state index in [9.17, 15) is 23.1 Å². The van der Waals surface area contributed by atoms with Crippen molar-refractivity contribution in [1.82, 2.24) is 9.78 Å². The van der Waals surface area contributed by atoms with Crippen LogP contribution in [0.2, 0.25) is 0 Å². The molecule has 0 amide bonds. The summed E-state index contributed by atoms with van der Waals surface area (Å²) >= 11 is 0. The summed E-state index contributed by atoms with van der Waals surface area (Å²) < 4.78 is 46.4. The number of nitrogens with zero attached hydrogens (tertiary/aromatic N) is 2. The van der Waals surface area contributed by atoms with Crippen molar-refractivity contribution in [1.29, 1.82) is 0 Å². The molecule has 1 N–H and O–H groups in total. The van der Waals surface area contributed by atoms with Crippen molar-refractivity contribution in [3.8, 4) is 17.0 Å². The smallest absolute Gasteiger partial charge is 0.421 e. The second kappa shape index (κ2) is 8.71. The SMILES string of the molecule is Cc1ccc(C)c(OC[C@H](O)Cn2nc(-c3ccccc3)cc(C(F)(F)F)c2=O)c1. The Bertz CT molecular complexity index is 1080. The van der Waals surface area contributed by atoms with Gasteiger partial charge in [-0.1, -0.05) is 42.5 Å². The van der Waals surface area contributed by atoms with E-state index in [2.05, 4.69) is 5.10 Å². The Morgan fingerprint density at radius 1 is 1.10 bits per heavy atom. The molecule has 0 aliphatic rings. The summed E-state index contributed by atoms with van der Waals surface area (Å²) in [7, 11) is 0. The maximum Gasteiger partial charge on any atom is 0.421 e. The molecule has 30 heavy (non-hydrogen) atoms. The van der Waals surface area contributed by atoms with Gasteiger partial charge in [-0.15, -0.1) is 0 Å². The molecule has 1 heterocycles. The Hall–Kier alpha value is -3.13. The van der Waals surface area contributed by atoms with E-state index in [1.807, 2.05) is 26.0 Å². The molecule has 0 saturated heterocycles. The van der Waals surface area contributed by atoms with Gasteiger partial charge in [-0.3, -0.25) is 4.79 Å². The molecular formula is C22H21F3N2O3. The molecule has 1 aromatic heterocycles. The van der Waals surface area contributed by atoms with Crippen molar-refractivity contribution in [3.63, 3.8) is 0 Å². The predicted molar refractivity (Wildman–Crippen MR) is 106 cm³/mol. The van der Waals surface area contributed by atoms with Gasteiger partial charge < -0.3 is 9.84 Å². The van der Waals surface area contributed by atoms with Gasteiger partial charge in [0.15, 0.2) is 0 Å². The number of benzene rings is 2. The van der Waals surface area contributed by atoms with Crippen LogP contribution in [0.1, 0.15) is 16.7 Å². The van der Waals surface area contributed by atoms with Gasteiger partial charge in [-0.2, -0.15) is 18.3 Å². The van der Waals surface area contributed by atoms with E-state index in [0.717, 1.165) is 17.2 Å². The molecule has 0 fully saturated rings. The monoisotopic (exact) mass is 418 g/mol. The first kappa shape index (κ1) is 21.6. The molecule has 8 heteroatoms. The minimum absolute atomic E-state index is 0.00910. The Kier molecular flexibility index (Phi) is 6.26. The van der Waals surface area contributed by atoms with Crippen LogP contribution in [-0.2, 0) is 12.7 Å². The highest BCUT2D eigenvalue weighted by Gasteiger charge is 2.35. The highest BCUT2D eigenvalue weighted by atomic mass is 19.4. The van der Waals surface area contributed by atoms with Gasteiger partial charge in [0.1, 0.15) is 24.0 Å². The number of aliphatic hydroxyl groups excluding tert-OH is 1. The highest BCUT2D eigenvalue weighted by Crippen LogP contribution is 2.29. The minimum Gasteiger partial charge on any atom is -0.491 e. The number of ether oxygens (including phenoxy) is 1. The van der Waals surface area contributed by atoms with Crippen LogP contribution in [0.3, 0.4) is 0 Å². The summed E-state index contributed by atoms with van der Waals surface area (Å²) in [5, 5.41) is 14.3. The Morgan fingerprint density at radius 2 is 1.80 bits per heavy atom. The first-order valence-electron chi connectivity index (χ1n) is 9.28. The standard InChI is InChI=1S/C22H21F3N2O3/c1-14-8-9-15(2)20(10-14)30-13-17(28)12-27-21(29)18(22(23,24)25)11-19(26-27)16-6-4-3-5-7-16/h3-11,17,28H,12-13H2,1-2H3/t17-/m1/s1. The van der Waals surface area contributed by atoms with Crippen LogP contribution in [0.15, 0.2) is 59.4 Å². The fraction of sp³-hybridized carbons (Fsp3) is 0.273. The molecule has 3 aromatic rings. The van der Waals surface area contributed by atoms with Crippen molar-refractivity contribution in [3.05, 3.63) is 81.6 Å². The summed E-state index contributed by atoms with van der Waals surface area (Å²) in [6.45, 7) is 3.09. The van der Waals surface area contributed by atoms with Crippen LogP contribution < -0.4 is 10.3 Å². The van der Waals surface area contributed by atoms with Crippen molar-refractivity contribution in [2.75, 3.05) is 6.61 Å². The summed E-state index contributed by atoms with van der Waals surface area (Å²) in [5.41, 5.74) is -0.406. The van der Waals surface area contributed by atoms with Crippen LogP contribution in [0.4, 0.5) is 13.2 Å². The predicted octanol–water partition coefficient (Wildman–Crippen LogP) is 3.99. The highest BCUT2D eigenvalue weighted by molar-refractivity contribution is 5.59. The second-order valence-corrected chi connectivity index (χ2v) is 7.03. The minimum atomic E-state index is -4.84. The largest absolute Gasteiger partial charge is 0.491 e. The zero-order valence-corrected chi connectivity index (χ0v) is 16.5. The zero-order chi connectivity index (χ0) is 21.9. The van der Waals surface area contributed by atoms with Crippen molar-refractivity contribution in [2.24, 2.45) is 0 Å². The molecule has 0 radical (unpaired) electrons. The number of halogens is 3. The van der Waals surface area contributed by atoms with Crippen molar-refractivity contribution < 1.29 is 23.0 Å². The van der Waals surface area contributed by atoms with E-state index in [0.29, 0.717) is 16.0 Å². The molecule has 0 unspecified atom stereocenters. The molecule has 1 atom stereocenters. The number of hydrogen-bond acceptors (Lipinski definition) is 4. The molecule has 0 saturated carbocycles. The summed E-state index contributed by atoms with van der Waals surface area (Å²) in [6, 6.07) is 14.5. The number of aliphatic hydroxyl groups is 1. The number of alkyl halides is 3. The van der Waals surface area contributed by atoms with E-state index in [1.54, 1.807) is 36.4 Å². The van der Waals surface area contributed by atoms with Crippen LogP contribution in [-0.4, -0.2) is 27.6 Å². The molecular weight excluding hydrogens is 397 g/mol. The Morgan fingerprint density at radius 3 is 2.47 bits per heavy atom. The zero-order valence-electron chi connectivity index (χ0n) is 16.5. The summed E-state index contributed by atoms with van der Waals surface area (Å²) in [5.74, 6) is 0.559. The average Bonchev–Trinajstić information content (AvgIpc) is 2.70. The average molecular weight is 418 g/mol. The molecule has 158 valence electrons. The number of hydrogen-bond donors (Lipinski definition) is 1. The van der Waals surface area contributed by atoms with E-state index in [4.69, 9.17) is 4.74 Å². The van der Waals surface area contributed by atoms with E-state index in [-0.39, 0.29) is 12.3 Å². The maximum absolute atomic E-state index is 13.4. The molecule has 2 aromatic carbocycles. The van der Waals surface area contributed by atoms with E-state index in [1.165, 1.54) is 0 Å². The van der Waals surface area contributed by atoms with Gasteiger partial charge in [-0.05, 0) is 37.1 Å². The number of rotatable bonds is 6. The second-order valence-electron chi connectivity index (χ2n) is 7.03. The van der Waals surface area contributed by atoms with Crippen molar-refractivity contribution in [2.45, 2.75) is 32.7 Å². The van der Waals surface area contributed by atoms with Crippen LogP contribution >= 0.6 is 0 Å². The van der Waals surface area contributed by atoms with Gasteiger partial charge >= 0.3 is 6.18 Å². The fourth-order valence-electron chi connectivity index (χ4n) is 2.92.